The lowest BCUT2D eigenvalue weighted by molar-refractivity contribution is -0.132. The molecule has 4 rings (SSSR count). The Morgan fingerprint density at radius 3 is 2.26 bits per heavy atom. The zero-order chi connectivity index (χ0) is 22.3. The first-order valence-corrected chi connectivity index (χ1v) is 10.0. The summed E-state index contributed by atoms with van der Waals surface area (Å²) in [6.07, 6.45) is 0. The summed E-state index contributed by atoms with van der Waals surface area (Å²) >= 11 is 12.4. The number of halogens is 2. The number of rotatable bonds is 4. The molecule has 1 unspecified atom stereocenters. The van der Waals surface area contributed by atoms with E-state index in [2.05, 4.69) is 0 Å². The lowest BCUT2D eigenvalue weighted by Gasteiger charge is -2.23. The Morgan fingerprint density at radius 2 is 1.71 bits per heavy atom. The number of para-hydroxylation sites is 1. The molecule has 1 aliphatic rings. The molecule has 1 fully saturated rings. The number of hydrogen-bond acceptors (Lipinski definition) is 5. The van der Waals surface area contributed by atoms with Crippen LogP contribution >= 0.6 is 23.2 Å². The molecule has 2 aromatic carbocycles. The maximum Gasteiger partial charge on any atom is 0.300 e. The van der Waals surface area contributed by atoms with Gasteiger partial charge in [-0.2, -0.15) is 0 Å². The molecule has 1 saturated heterocycles. The van der Waals surface area contributed by atoms with Crippen molar-refractivity contribution in [3.05, 3.63) is 87.3 Å². The Bertz CT molecular complexity index is 1190. The molecule has 1 amide bonds. The van der Waals surface area contributed by atoms with E-state index in [1.165, 1.54) is 24.1 Å². The number of aliphatic hydroxyl groups excluding tert-OH is 1. The highest BCUT2D eigenvalue weighted by Gasteiger charge is 2.48. The van der Waals surface area contributed by atoms with Gasteiger partial charge in [0.05, 0.1) is 22.7 Å². The van der Waals surface area contributed by atoms with Gasteiger partial charge < -0.3 is 14.3 Å². The van der Waals surface area contributed by atoms with Crippen LogP contribution in [0.15, 0.2) is 64.6 Å². The van der Waals surface area contributed by atoms with Crippen molar-refractivity contribution in [2.45, 2.75) is 13.0 Å². The van der Waals surface area contributed by atoms with Crippen LogP contribution < -0.4 is 9.64 Å². The molecule has 1 aliphatic heterocycles. The van der Waals surface area contributed by atoms with Crippen molar-refractivity contribution < 1.29 is 23.8 Å². The van der Waals surface area contributed by atoms with Gasteiger partial charge >= 0.3 is 0 Å². The molecular weight excluding hydrogens is 441 g/mol. The van der Waals surface area contributed by atoms with Gasteiger partial charge in [0.2, 0.25) is 0 Å². The summed E-state index contributed by atoms with van der Waals surface area (Å²) in [6.45, 7) is 1.75. The van der Waals surface area contributed by atoms with E-state index in [0.29, 0.717) is 17.2 Å². The fourth-order valence-corrected chi connectivity index (χ4v) is 4.25. The number of ether oxygens (including phenoxy) is 1. The highest BCUT2D eigenvalue weighted by atomic mass is 35.5. The smallest absolute Gasteiger partial charge is 0.300 e. The normalized spacial score (nSPS) is 17.9. The lowest BCUT2D eigenvalue weighted by atomic mass is 9.99. The van der Waals surface area contributed by atoms with Gasteiger partial charge in [0.25, 0.3) is 11.7 Å². The Kier molecular flexibility index (Phi) is 5.52. The third-order valence-corrected chi connectivity index (χ3v) is 5.55. The maximum absolute atomic E-state index is 13.0. The molecule has 3 aromatic rings. The molecule has 0 radical (unpaired) electrons. The number of anilines is 1. The van der Waals surface area contributed by atoms with Gasteiger partial charge in [0.1, 0.15) is 23.3 Å². The van der Waals surface area contributed by atoms with Gasteiger partial charge in [-0.25, -0.2) is 0 Å². The first kappa shape index (κ1) is 21.0. The van der Waals surface area contributed by atoms with Gasteiger partial charge in [0, 0.05) is 11.3 Å². The summed E-state index contributed by atoms with van der Waals surface area (Å²) < 4.78 is 10.9. The van der Waals surface area contributed by atoms with E-state index < -0.39 is 23.5 Å². The van der Waals surface area contributed by atoms with Crippen LogP contribution in [0.4, 0.5) is 5.69 Å². The molecule has 6 nitrogen and oxygen atoms in total. The average molecular weight is 458 g/mol. The largest absolute Gasteiger partial charge is 0.507 e. The summed E-state index contributed by atoms with van der Waals surface area (Å²) in [5, 5.41) is 11.4. The Balaban J connectivity index is 1.95. The van der Waals surface area contributed by atoms with Crippen LogP contribution in [-0.2, 0) is 9.59 Å². The molecule has 158 valence electrons. The fourth-order valence-electron chi connectivity index (χ4n) is 3.60. The van der Waals surface area contributed by atoms with E-state index in [0.717, 1.165) is 0 Å². The standard InChI is InChI=1S/C23H17Cl2NO5/c1-12-8-9-17(31-12)19-18(20(27)13-10-15(24)22(30-2)16(25)11-13)21(28)23(29)26(19)14-6-4-3-5-7-14/h3-11,19,27H,1-2H3/b20-18-. The van der Waals surface area contributed by atoms with Crippen LogP contribution in [0, 0.1) is 6.92 Å². The first-order chi connectivity index (χ1) is 14.8. The molecule has 1 N–H and O–H groups in total. The zero-order valence-corrected chi connectivity index (χ0v) is 18.1. The summed E-state index contributed by atoms with van der Waals surface area (Å²) in [5.41, 5.74) is 0.546. The van der Waals surface area contributed by atoms with E-state index in [-0.39, 0.29) is 26.9 Å². The summed E-state index contributed by atoms with van der Waals surface area (Å²) in [5.74, 6) is -0.858. The number of benzene rings is 2. The second-order valence-electron chi connectivity index (χ2n) is 6.93. The zero-order valence-electron chi connectivity index (χ0n) is 16.6. The quantitative estimate of drug-likeness (QED) is 0.316. The van der Waals surface area contributed by atoms with E-state index in [1.54, 1.807) is 49.4 Å². The van der Waals surface area contributed by atoms with Gasteiger partial charge in [-0.1, -0.05) is 41.4 Å². The summed E-state index contributed by atoms with van der Waals surface area (Å²) in [6, 6.07) is 14.0. The average Bonchev–Trinajstić information content (AvgIpc) is 3.29. The highest BCUT2D eigenvalue weighted by Crippen LogP contribution is 2.44. The van der Waals surface area contributed by atoms with Gasteiger partial charge in [-0.05, 0) is 43.3 Å². The molecule has 1 aromatic heterocycles. The predicted molar refractivity (Wildman–Crippen MR) is 118 cm³/mol. The van der Waals surface area contributed by atoms with Crippen LogP contribution in [-0.4, -0.2) is 23.9 Å². The van der Waals surface area contributed by atoms with Crippen LogP contribution in [0.25, 0.3) is 5.76 Å². The van der Waals surface area contributed by atoms with Crippen LogP contribution in [0.3, 0.4) is 0 Å². The minimum Gasteiger partial charge on any atom is -0.507 e. The number of aryl methyl sites for hydroxylation is 1. The molecule has 0 aliphatic carbocycles. The van der Waals surface area contributed by atoms with E-state index in [4.69, 9.17) is 32.4 Å². The number of amides is 1. The third kappa shape index (κ3) is 3.58. The maximum atomic E-state index is 13.0. The van der Waals surface area contributed by atoms with Gasteiger partial charge in [0.15, 0.2) is 5.75 Å². The monoisotopic (exact) mass is 457 g/mol. The van der Waals surface area contributed by atoms with Crippen molar-refractivity contribution in [1.29, 1.82) is 0 Å². The fraction of sp³-hybridized carbons (Fsp3) is 0.130. The number of methoxy groups -OCH3 is 1. The lowest BCUT2D eigenvalue weighted by Crippen LogP contribution is -2.29. The number of aliphatic hydroxyl groups is 1. The number of Topliss-reactive ketones (excluding diaryl/α,β-unsaturated/α-hetero) is 1. The predicted octanol–water partition coefficient (Wildman–Crippen LogP) is 5.53. The Morgan fingerprint density at radius 1 is 1.06 bits per heavy atom. The number of hydrogen-bond donors (Lipinski definition) is 1. The molecule has 2 heterocycles. The highest BCUT2D eigenvalue weighted by molar-refractivity contribution is 6.51. The van der Waals surface area contributed by atoms with E-state index >= 15 is 0 Å². The second kappa shape index (κ2) is 8.13. The number of carbonyl (C=O) groups excluding carboxylic acids is 2. The van der Waals surface area contributed by atoms with Crippen molar-refractivity contribution in [2.75, 3.05) is 12.0 Å². The Hall–Kier alpha value is -3.22. The first-order valence-electron chi connectivity index (χ1n) is 9.29. The van der Waals surface area contributed by atoms with Crippen LogP contribution in [0.1, 0.15) is 23.1 Å². The molecule has 0 bridgehead atoms. The Labute approximate surface area is 188 Å². The minimum absolute atomic E-state index is 0.125. The third-order valence-electron chi connectivity index (χ3n) is 4.99. The number of carbonyl (C=O) groups is 2. The van der Waals surface area contributed by atoms with Crippen molar-refractivity contribution in [1.82, 2.24) is 0 Å². The van der Waals surface area contributed by atoms with Crippen molar-refractivity contribution in [3.8, 4) is 5.75 Å². The summed E-state index contributed by atoms with van der Waals surface area (Å²) in [7, 11) is 1.41. The molecule has 0 saturated carbocycles. The molecule has 8 heteroatoms. The molecule has 0 spiro atoms. The molecule has 31 heavy (non-hydrogen) atoms. The van der Waals surface area contributed by atoms with Crippen LogP contribution in [0.5, 0.6) is 5.75 Å². The van der Waals surface area contributed by atoms with Crippen molar-refractivity contribution >= 4 is 46.3 Å². The van der Waals surface area contributed by atoms with Crippen molar-refractivity contribution in [3.63, 3.8) is 0 Å². The number of nitrogens with zero attached hydrogens (tertiary/aromatic N) is 1. The number of ketones is 1. The summed E-state index contributed by atoms with van der Waals surface area (Å²) in [4.78, 5) is 27.3. The van der Waals surface area contributed by atoms with E-state index in [1.807, 2.05) is 0 Å². The van der Waals surface area contributed by atoms with E-state index in [9.17, 15) is 14.7 Å². The van der Waals surface area contributed by atoms with Crippen LogP contribution in [0.2, 0.25) is 10.0 Å². The van der Waals surface area contributed by atoms with Gasteiger partial charge in [-0.15, -0.1) is 0 Å². The van der Waals surface area contributed by atoms with Crippen molar-refractivity contribution in [2.24, 2.45) is 0 Å². The molecule has 1 atom stereocenters. The van der Waals surface area contributed by atoms with Gasteiger partial charge in [-0.3, -0.25) is 14.5 Å². The molecular formula is C23H17Cl2NO5. The minimum atomic E-state index is -0.962. The SMILES string of the molecule is COc1c(Cl)cc(/C(O)=C2/C(=O)C(=O)N(c3ccccc3)C2c2ccc(C)o2)cc1Cl. The second-order valence-corrected chi connectivity index (χ2v) is 7.74. The number of furan rings is 1. The topological polar surface area (TPSA) is 80.0 Å².